The molecule has 2 fully saturated rings. The molecule has 4 rings (SSSR count). The molecule has 0 amide bonds. The van der Waals surface area contributed by atoms with E-state index >= 15 is 0 Å². The average Bonchev–Trinajstić information content (AvgIpc) is 3.61. The molecule has 2 saturated heterocycles. The second-order valence-corrected chi connectivity index (χ2v) is 8.59. The first-order valence-corrected chi connectivity index (χ1v) is 11.8. The number of nitrogens with zero attached hydrogens (tertiary/aromatic N) is 2. The van der Waals surface area contributed by atoms with Gasteiger partial charge in [0.05, 0.1) is 32.6 Å². The third-order valence-electron chi connectivity index (χ3n) is 6.33. The quantitative estimate of drug-likeness (QED) is 0.258. The smallest absolute Gasteiger partial charge is 0.191 e. The number of aliphatic imine (C=N–C) groups is 1. The van der Waals surface area contributed by atoms with Gasteiger partial charge in [-0.25, -0.2) is 0 Å². The van der Waals surface area contributed by atoms with Crippen molar-refractivity contribution in [3.05, 3.63) is 54.0 Å². The molecule has 2 unspecified atom stereocenters. The predicted octanol–water partition coefficient (Wildman–Crippen LogP) is 3.86. The van der Waals surface area contributed by atoms with Crippen molar-refractivity contribution in [2.75, 3.05) is 53.0 Å². The van der Waals surface area contributed by atoms with Crippen molar-refractivity contribution < 1.29 is 13.9 Å². The number of hydrogen-bond acceptors (Lipinski definition) is 5. The Hall–Kier alpha value is -1.78. The lowest BCUT2D eigenvalue weighted by atomic mass is 10.1. The van der Waals surface area contributed by atoms with Crippen molar-refractivity contribution in [3.8, 4) is 5.75 Å². The summed E-state index contributed by atoms with van der Waals surface area (Å²) in [4.78, 5) is 7.57. The van der Waals surface area contributed by atoms with Crippen LogP contribution in [0, 0.1) is 5.92 Å². The molecule has 33 heavy (non-hydrogen) atoms. The van der Waals surface area contributed by atoms with E-state index in [1.54, 1.807) is 13.4 Å². The summed E-state index contributed by atoms with van der Waals surface area (Å²) < 4.78 is 16.3. The van der Waals surface area contributed by atoms with E-state index < -0.39 is 0 Å². The van der Waals surface area contributed by atoms with Crippen LogP contribution in [0.5, 0.6) is 5.75 Å². The van der Waals surface area contributed by atoms with Crippen molar-refractivity contribution in [2.45, 2.75) is 31.7 Å². The van der Waals surface area contributed by atoms with Gasteiger partial charge in [-0.15, -0.1) is 24.0 Å². The summed E-state index contributed by atoms with van der Waals surface area (Å²) in [6.07, 6.45) is 6.16. The van der Waals surface area contributed by atoms with E-state index in [1.165, 1.54) is 18.4 Å². The first-order chi connectivity index (χ1) is 15.8. The lowest BCUT2D eigenvalue weighted by Gasteiger charge is -2.27. The molecule has 182 valence electrons. The van der Waals surface area contributed by atoms with Gasteiger partial charge in [-0.3, -0.25) is 9.89 Å². The van der Waals surface area contributed by atoms with E-state index in [0.29, 0.717) is 12.5 Å². The highest BCUT2D eigenvalue weighted by Crippen LogP contribution is 2.27. The summed E-state index contributed by atoms with van der Waals surface area (Å²) >= 11 is 0. The molecule has 2 atom stereocenters. The van der Waals surface area contributed by atoms with Crippen molar-refractivity contribution in [2.24, 2.45) is 10.9 Å². The van der Waals surface area contributed by atoms with Gasteiger partial charge in [0.2, 0.25) is 0 Å². The van der Waals surface area contributed by atoms with Gasteiger partial charge >= 0.3 is 0 Å². The molecule has 0 radical (unpaired) electrons. The van der Waals surface area contributed by atoms with Gasteiger partial charge in [0.25, 0.3) is 0 Å². The van der Waals surface area contributed by atoms with Crippen LogP contribution < -0.4 is 15.4 Å². The summed E-state index contributed by atoms with van der Waals surface area (Å²) in [6, 6.07) is 12.6. The maximum atomic E-state index is 5.53. The van der Waals surface area contributed by atoms with Crippen molar-refractivity contribution in [1.82, 2.24) is 15.5 Å². The van der Waals surface area contributed by atoms with Crippen molar-refractivity contribution in [1.29, 1.82) is 0 Å². The van der Waals surface area contributed by atoms with Crippen LogP contribution in [0.25, 0.3) is 0 Å². The normalized spacial score (nSPS) is 19.8. The summed E-state index contributed by atoms with van der Waals surface area (Å²) in [6.45, 7) is 6.30. The summed E-state index contributed by atoms with van der Waals surface area (Å²) in [7, 11) is 1.71. The summed E-state index contributed by atoms with van der Waals surface area (Å²) in [5.74, 6) is 3.27. The van der Waals surface area contributed by atoms with E-state index in [0.717, 1.165) is 69.7 Å². The molecular weight excluding hydrogens is 531 g/mol. The van der Waals surface area contributed by atoms with Crippen LogP contribution in [0.3, 0.4) is 0 Å². The molecule has 8 heteroatoms. The molecule has 2 aliphatic heterocycles. The number of methoxy groups -OCH3 is 1. The molecule has 7 nitrogen and oxygen atoms in total. The number of nitrogens with one attached hydrogen (secondary N) is 2. The van der Waals surface area contributed by atoms with Gasteiger partial charge in [0, 0.05) is 32.0 Å². The summed E-state index contributed by atoms with van der Waals surface area (Å²) in [5.41, 5.74) is 1.29. The fourth-order valence-corrected chi connectivity index (χ4v) is 4.41. The number of benzene rings is 1. The number of halogens is 1. The largest absolute Gasteiger partial charge is 0.497 e. The van der Waals surface area contributed by atoms with Crippen LogP contribution in [0.1, 0.15) is 36.6 Å². The van der Waals surface area contributed by atoms with E-state index in [9.17, 15) is 0 Å². The number of rotatable bonds is 10. The van der Waals surface area contributed by atoms with Crippen LogP contribution >= 0.6 is 24.0 Å². The van der Waals surface area contributed by atoms with Crippen LogP contribution in [0.4, 0.5) is 0 Å². The Morgan fingerprint density at radius 1 is 1.18 bits per heavy atom. The average molecular weight is 569 g/mol. The zero-order valence-corrected chi connectivity index (χ0v) is 21.8. The number of likely N-dealkylation sites (tertiary alicyclic amines) is 1. The molecule has 0 aliphatic carbocycles. The molecule has 0 bridgehead atoms. The lowest BCUT2D eigenvalue weighted by molar-refractivity contribution is 0.186. The standard InChI is InChI=1S/C25H36N4O3.HI/c1-30-22-8-6-21(7-9-22)24(29-13-2-3-14-29)18-28-25(27-17-20-11-16-31-19-20)26-12-10-23-5-4-15-32-23;/h4-9,15,20,24H,2-3,10-14,16-19H2,1H3,(H2,26,27,28);1H. The van der Waals surface area contributed by atoms with Crippen molar-refractivity contribution in [3.63, 3.8) is 0 Å². The van der Waals surface area contributed by atoms with E-state index in [4.69, 9.17) is 18.9 Å². The fourth-order valence-electron chi connectivity index (χ4n) is 4.41. The van der Waals surface area contributed by atoms with Crippen LogP contribution in [0.15, 0.2) is 52.1 Å². The Balaban J connectivity index is 0.00000306. The minimum Gasteiger partial charge on any atom is -0.497 e. The van der Waals surface area contributed by atoms with Crippen LogP contribution in [-0.4, -0.2) is 63.9 Å². The topological polar surface area (TPSA) is 71.3 Å². The van der Waals surface area contributed by atoms with E-state index in [1.807, 2.05) is 24.3 Å². The molecule has 2 aromatic rings. The highest BCUT2D eigenvalue weighted by atomic mass is 127. The highest BCUT2D eigenvalue weighted by Gasteiger charge is 2.24. The number of guanidine groups is 1. The minimum atomic E-state index is 0. The molecular formula is C25H37IN4O3. The van der Waals surface area contributed by atoms with Gasteiger partial charge in [0.1, 0.15) is 11.5 Å². The van der Waals surface area contributed by atoms with Gasteiger partial charge in [-0.05, 0) is 62.2 Å². The third-order valence-corrected chi connectivity index (χ3v) is 6.33. The number of hydrogen-bond donors (Lipinski definition) is 2. The maximum Gasteiger partial charge on any atom is 0.191 e. The molecule has 3 heterocycles. The first kappa shape index (κ1) is 25.8. The number of ether oxygens (including phenoxy) is 2. The second kappa shape index (κ2) is 13.8. The van der Waals surface area contributed by atoms with E-state index in [-0.39, 0.29) is 30.0 Å². The minimum absolute atomic E-state index is 0. The lowest BCUT2D eigenvalue weighted by Crippen LogP contribution is -2.41. The first-order valence-electron chi connectivity index (χ1n) is 11.8. The molecule has 0 spiro atoms. The Labute approximate surface area is 214 Å². The van der Waals surface area contributed by atoms with Crippen molar-refractivity contribution >= 4 is 29.9 Å². The zero-order chi connectivity index (χ0) is 22.0. The molecule has 2 N–H and O–H groups in total. The Bertz CT molecular complexity index is 817. The van der Waals surface area contributed by atoms with Gasteiger partial charge in [0.15, 0.2) is 5.96 Å². The summed E-state index contributed by atoms with van der Waals surface area (Å²) in [5, 5.41) is 7.04. The monoisotopic (exact) mass is 568 g/mol. The van der Waals surface area contributed by atoms with Gasteiger partial charge in [-0.1, -0.05) is 12.1 Å². The zero-order valence-electron chi connectivity index (χ0n) is 19.5. The molecule has 1 aromatic heterocycles. The molecule has 2 aliphatic rings. The predicted molar refractivity (Wildman–Crippen MR) is 142 cm³/mol. The van der Waals surface area contributed by atoms with Crippen LogP contribution in [0.2, 0.25) is 0 Å². The van der Waals surface area contributed by atoms with Crippen LogP contribution in [-0.2, 0) is 11.2 Å². The third kappa shape index (κ3) is 7.89. The molecule has 1 aromatic carbocycles. The number of furan rings is 1. The maximum absolute atomic E-state index is 5.53. The Kier molecular flexibility index (Phi) is 10.8. The molecule has 0 saturated carbocycles. The van der Waals surface area contributed by atoms with E-state index in [2.05, 4.69) is 27.7 Å². The van der Waals surface area contributed by atoms with Gasteiger partial charge in [-0.2, -0.15) is 0 Å². The van der Waals surface area contributed by atoms with Gasteiger partial charge < -0.3 is 24.5 Å². The fraction of sp³-hybridized carbons (Fsp3) is 0.560. The Morgan fingerprint density at radius 3 is 2.67 bits per heavy atom. The Morgan fingerprint density at radius 2 is 2.00 bits per heavy atom. The SMILES string of the molecule is COc1ccc(C(CN=C(NCCc2ccco2)NCC2CCOC2)N2CCCC2)cc1.I. The highest BCUT2D eigenvalue weighted by molar-refractivity contribution is 14.0. The second-order valence-electron chi connectivity index (χ2n) is 8.59.